The molecule has 0 saturated heterocycles. The van der Waals surface area contributed by atoms with Crippen LogP contribution in [-0.4, -0.2) is 11.2 Å². The second-order valence-electron chi connectivity index (χ2n) is 7.19. The Labute approximate surface area is 98.9 Å². The fraction of sp³-hybridized carbons (Fsp3) is 0.867. The van der Waals surface area contributed by atoms with Crippen LogP contribution in [0, 0.1) is 28.6 Å². The summed E-state index contributed by atoms with van der Waals surface area (Å²) in [7, 11) is 0. The largest absolute Gasteiger partial charge is 0.393 e. The Bertz CT molecular complexity index is 343. The molecule has 0 heterocycles. The second kappa shape index (κ2) is 2.93. The van der Waals surface area contributed by atoms with E-state index < -0.39 is 0 Å². The smallest absolute Gasteiger partial charge is 0.0602 e. The van der Waals surface area contributed by atoms with Gasteiger partial charge in [-0.2, -0.15) is 0 Å². The molecule has 1 nitrogen and oxygen atoms in total. The molecule has 0 unspecified atom stereocenters. The molecule has 1 heteroatoms. The number of rotatable bonds is 0. The van der Waals surface area contributed by atoms with Crippen molar-refractivity contribution >= 4 is 0 Å². The maximum absolute atomic E-state index is 10.3. The molecule has 16 heavy (non-hydrogen) atoms. The van der Waals surface area contributed by atoms with Crippen LogP contribution in [0.5, 0.6) is 0 Å². The first-order chi connectivity index (χ1) is 7.39. The summed E-state index contributed by atoms with van der Waals surface area (Å²) in [5, 5.41) is 10.3. The Balaban J connectivity index is 1.98. The van der Waals surface area contributed by atoms with E-state index in [1.54, 1.807) is 0 Å². The standard InChI is InChI=1S/C15H24O/c1-9-5-6-11(16)15(4)8-7-10-13(12(9)15)14(10,2)3/h10-13,16H,1,5-8H2,2-4H3/t10-,11+,12+,13-,15-/m0/s1. The maximum Gasteiger partial charge on any atom is 0.0602 e. The summed E-state index contributed by atoms with van der Waals surface area (Å²) >= 11 is 0. The van der Waals surface area contributed by atoms with E-state index in [1.807, 2.05) is 0 Å². The molecule has 1 N–H and O–H groups in total. The minimum atomic E-state index is -0.0969. The number of allylic oxidation sites excluding steroid dienone is 1. The van der Waals surface area contributed by atoms with E-state index in [0.717, 1.165) is 24.7 Å². The molecule has 3 fully saturated rings. The normalized spacial score (nSPS) is 54.1. The highest BCUT2D eigenvalue weighted by molar-refractivity contribution is 5.25. The van der Waals surface area contributed by atoms with Gasteiger partial charge in [-0.1, -0.05) is 32.9 Å². The fourth-order valence-electron chi connectivity index (χ4n) is 4.93. The molecule has 3 saturated carbocycles. The Morgan fingerprint density at radius 3 is 2.62 bits per heavy atom. The van der Waals surface area contributed by atoms with Crippen LogP contribution in [0.15, 0.2) is 12.2 Å². The molecule has 90 valence electrons. The number of hydrogen-bond acceptors (Lipinski definition) is 1. The minimum Gasteiger partial charge on any atom is -0.393 e. The molecule has 0 bridgehead atoms. The van der Waals surface area contributed by atoms with E-state index in [9.17, 15) is 5.11 Å². The van der Waals surface area contributed by atoms with E-state index in [-0.39, 0.29) is 11.5 Å². The predicted molar refractivity (Wildman–Crippen MR) is 66.0 cm³/mol. The first kappa shape index (κ1) is 10.8. The summed E-state index contributed by atoms with van der Waals surface area (Å²) in [6.07, 6.45) is 4.39. The van der Waals surface area contributed by atoms with Crippen molar-refractivity contribution < 1.29 is 5.11 Å². The van der Waals surface area contributed by atoms with Crippen molar-refractivity contribution in [2.75, 3.05) is 0 Å². The van der Waals surface area contributed by atoms with Gasteiger partial charge in [0.25, 0.3) is 0 Å². The molecule has 0 radical (unpaired) electrons. The van der Waals surface area contributed by atoms with Gasteiger partial charge in [0, 0.05) is 5.41 Å². The van der Waals surface area contributed by atoms with Crippen molar-refractivity contribution in [3.8, 4) is 0 Å². The monoisotopic (exact) mass is 220 g/mol. The molecule has 0 aromatic carbocycles. The van der Waals surface area contributed by atoms with Crippen molar-refractivity contribution in [1.29, 1.82) is 0 Å². The minimum absolute atomic E-state index is 0.0969. The maximum atomic E-state index is 10.3. The van der Waals surface area contributed by atoms with Gasteiger partial charge < -0.3 is 5.11 Å². The molecule has 0 aliphatic heterocycles. The van der Waals surface area contributed by atoms with Gasteiger partial charge in [0.1, 0.15) is 0 Å². The van der Waals surface area contributed by atoms with Crippen LogP contribution < -0.4 is 0 Å². The molecule has 0 amide bonds. The van der Waals surface area contributed by atoms with Crippen LogP contribution in [0.3, 0.4) is 0 Å². The Kier molecular flexibility index (Phi) is 1.98. The topological polar surface area (TPSA) is 20.2 Å². The molecular weight excluding hydrogens is 196 g/mol. The van der Waals surface area contributed by atoms with Crippen LogP contribution in [0.2, 0.25) is 0 Å². The molecule has 3 aliphatic carbocycles. The predicted octanol–water partition coefficient (Wildman–Crippen LogP) is 3.39. The van der Waals surface area contributed by atoms with Gasteiger partial charge >= 0.3 is 0 Å². The van der Waals surface area contributed by atoms with Gasteiger partial charge in [-0.15, -0.1) is 0 Å². The van der Waals surface area contributed by atoms with Gasteiger partial charge in [-0.05, 0) is 48.9 Å². The van der Waals surface area contributed by atoms with Crippen LogP contribution in [0.1, 0.15) is 46.5 Å². The summed E-state index contributed by atoms with van der Waals surface area (Å²) < 4.78 is 0. The lowest BCUT2D eigenvalue weighted by atomic mass is 9.57. The average molecular weight is 220 g/mol. The van der Waals surface area contributed by atoms with Gasteiger partial charge in [0.15, 0.2) is 0 Å². The van der Waals surface area contributed by atoms with Crippen LogP contribution in [0.4, 0.5) is 0 Å². The quantitative estimate of drug-likeness (QED) is 0.620. The van der Waals surface area contributed by atoms with Crippen LogP contribution in [-0.2, 0) is 0 Å². The van der Waals surface area contributed by atoms with Gasteiger partial charge in [-0.25, -0.2) is 0 Å². The number of hydrogen-bond donors (Lipinski definition) is 1. The fourth-order valence-corrected chi connectivity index (χ4v) is 4.93. The zero-order valence-corrected chi connectivity index (χ0v) is 10.8. The number of aliphatic hydroxyl groups excluding tert-OH is 1. The Morgan fingerprint density at radius 1 is 1.25 bits per heavy atom. The molecule has 3 rings (SSSR count). The average Bonchev–Trinajstić information content (AvgIpc) is 2.76. The molecule has 0 aromatic rings. The van der Waals surface area contributed by atoms with Crippen molar-refractivity contribution in [3.05, 3.63) is 12.2 Å². The third kappa shape index (κ3) is 1.11. The van der Waals surface area contributed by atoms with Crippen molar-refractivity contribution in [2.45, 2.75) is 52.6 Å². The summed E-state index contributed by atoms with van der Waals surface area (Å²) in [4.78, 5) is 0. The third-order valence-corrected chi connectivity index (χ3v) is 6.14. The van der Waals surface area contributed by atoms with E-state index in [1.165, 1.54) is 18.4 Å². The zero-order chi connectivity index (χ0) is 11.7. The number of aliphatic hydroxyl groups is 1. The lowest BCUT2D eigenvalue weighted by molar-refractivity contribution is -0.0482. The SMILES string of the molecule is C=C1CC[C@@H](O)[C@]2(C)CC[C@H]3[C@@H]([C@@H]12)C3(C)C. The summed E-state index contributed by atoms with van der Waals surface area (Å²) in [6, 6.07) is 0. The van der Waals surface area contributed by atoms with E-state index >= 15 is 0 Å². The van der Waals surface area contributed by atoms with Crippen LogP contribution >= 0.6 is 0 Å². The first-order valence-corrected chi connectivity index (χ1v) is 6.75. The van der Waals surface area contributed by atoms with Gasteiger partial charge in [0.05, 0.1) is 6.10 Å². The van der Waals surface area contributed by atoms with Gasteiger partial charge in [0.2, 0.25) is 0 Å². The van der Waals surface area contributed by atoms with Crippen molar-refractivity contribution in [2.24, 2.45) is 28.6 Å². The molecule has 5 atom stereocenters. The molecule has 0 spiro atoms. The van der Waals surface area contributed by atoms with E-state index in [2.05, 4.69) is 27.4 Å². The molecule has 3 aliphatic rings. The molecule has 0 aromatic heterocycles. The van der Waals surface area contributed by atoms with Crippen LogP contribution in [0.25, 0.3) is 0 Å². The lowest BCUT2D eigenvalue weighted by Gasteiger charge is -2.49. The second-order valence-corrected chi connectivity index (χ2v) is 7.19. The van der Waals surface area contributed by atoms with Crippen molar-refractivity contribution in [3.63, 3.8) is 0 Å². The third-order valence-electron chi connectivity index (χ3n) is 6.14. The summed E-state index contributed by atoms with van der Waals surface area (Å²) in [6.45, 7) is 11.4. The highest BCUT2D eigenvalue weighted by Crippen LogP contribution is 2.73. The lowest BCUT2D eigenvalue weighted by Crippen LogP contribution is -2.46. The van der Waals surface area contributed by atoms with E-state index in [4.69, 9.17) is 0 Å². The zero-order valence-electron chi connectivity index (χ0n) is 10.8. The van der Waals surface area contributed by atoms with E-state index in [0.29, 0.717) is 11.3 Å². The first-order valence-electron chi connectivity index (χ1n) is 6.75. The highest BCUT2D eigenvalue weighted by atomic mass is 16.3. The number of fused-ring (bicyclic) bond motifs is 3. The highest BCUT2D eigenvalue weighted by Gasteiger charge is 2.68. The van der Waals surface area contributed by atoms with Crippen molar-refractivity contribution in [1.82, 2.24) is 0 Å². The summed E-state index contributed by atoms with van der Waals surface area (Å²) in [5.74, 6) is 2.28. The summed E-state index contributed by atoms with van der Waals surface area (Å²) in [5.41, 5.74) is 2.06. The van der Waals surface area contributed by atoms with Gasteiger partial charge in [-0.3, -0.25) is 0 Å². The Hall–Kier alpha value is -0.300. The Morgan fingerprint density at radius 2 is 1.94 bits per heavy atom. The molecular formula is C15H24O.